The molecule has 11 heteroatoms. The van der Waals surface area contributed by atoms with E-state index in [-0.39, 0.29) is 29.6 Å². The molecule has 1 fully saturated rings. The number of methoxy groups -OCH3 is 1. The summed E-state index contributed by atoms with van der Waals surface area (Å²) in [6.45, 7) is 2.44. The van der Waals surface area contributed by atoms with E-state index < -0.39 is 0 Å². The van der Waals surface area contributed by atoms with Gasteiger partial charge in [0.05, 0.1) is 52.1 Å². The van der Waals surface area contributed by atoms with E-state index in [1.165, 1.54) is 25.3 Å². The Balaban J connectivity index is 1.20. The summed E-state index contributed by atoms with van der Waals surface area (Å²) in [5.41, 5.74) is 7.50. The number of ether oxygens (including phenoxy) is 1. The van der Waals surface area contributed by atoms with E-state index in [0.717, 1.165) is 80.0 Å². The molecule has 8 nitrogen and oxygen atoms in total. The van der Waals surface area contributed by atoms with Crippen LogP contribution in [0.2, 0.25) is 0 Å². The topological polar surface area (TPSA) is 93.4 Å². The highest BCUT2D eigenvalue weighted by Crippen LogP contribution is 2.51. The van der Waals surface area contributed by atoms with Crippen LogP contribution in [0, 0.1) is 18.6 Å². The minimum Gasteiger partial charge on any atom is -0.493 e. The van der Waals surface area contributed by atoms with Crippen LogP contribution in [0.15, 0.2) is 65.1 Å². The summed E-state index contributed by atoms with van der Waals surface area (Å²) in [6, 6.07) is 18.1. The Kier molecular flexibility index (Phi) is 7.42. The number of aryl methyl sites for hydroxylation is 3. The summed E-state index contributed by atoms with van der Waals surface area (Å²) in [6.07, 6.45) is 4.47. The van der Waals surface area contributed by atoms with Gasteiger partial charge in [-0.1, -0.05) is 30.3 Å². The van der Waals surface area contributed by atoms with Gasteiger partial charge in [0.2, 0.25) is 11.8 Å². The molecule has 5 heterocycles. The van der Waals surface area contributed by atoms with Crippen LogP contribution in [0.25, 0.3) is 32.0 Å². The third-order valence-electron chi connectivity index (χ3n) is 10.3. The van der Waals surface area contributed by atoms with Gasteiger partial charge in [-0.3, -0.25) is 9.78 Å². The molecule has 3 aliphatic rings. The fourth-order valence-corrected chi connectivity index (χ4v) is 9.21. The third kappa shape index (κ3) is 4.97. The number of halogens is 2. The summed E-state index contributed by atoms with van der Waals surface area (Å²) in [4.78, 5) is 22.3. The third-order valence-corrected chi connectivity index (χ3v) is 11.5. The van der Waals surface area contributed by atoms with Gasteiger partial charge in [-0.25, -0.2) is 8.78 Å². The SMILES string of the molecule is COc1c(F)ccc2c1CC[C@H]2Nc1cccc2cc(-c3c4c(nc(CCc5ccc(F)cc5)c3-c3nnc(C)o3)C3CCCN3C4=O)sc12. The van der Waals surface area contributed by atoms with Crippen LogP contribution in [-0.2, 0) is 19.3 Å². The zero-order valence-corrected chi connectivity index (χ0v) is 28.4. The molecule has 9 rings (SSSR count). The molecule has 3 aromatic heterocycles. The van der Waals surface area contributed by atoms with E-state index in [9.17, 15) is 13.6 Å². The van der Waals surface area contributed by atoms with Gasteiger partial charge in [0.1, 0.15) is 5.82 Å². The second-order valence-corrected chi connectivity index (χ2v) is 14.2. The number of anilines is 1. The maximum absolute atomic E-state index is 14.5. The fraction of sp³-hybridized carbons (Fsp3) is 0.282. The standard InChI is InChI=1S/C39H33F2N5O3S/c1-20-44-45-38(49-20)32-28(16-10-21-8-11-23(40)12-9-21)43-35-30-7-4-18-46(30)39(47)34(35)33(32)31-19-22-5-3-6-29(37(22)50-31)42-27-17-14-25-24(27)13-15-26(41)36(25)48-2/h3,5-6,8-9,11-13,15,19,27,30,42H,4,7,10,14,16-18H2,1-2H3/t27-,30?/m1/s1. The van der Waals surface area contributed by atoms with E-state index in [4.69, 9.17) is 14.1 Å². The second kappa shape index (κ2) is 12.0. The van der Waals surface area contributed by atoms with E-state index >= 15 is 0 Å². The van der Waals surface area contributed by atoms with Gasteiger partial charge in [-0.15, -0.1) is 21.5 Å². The molecule has 2 aliphatic heterocycles. The molecule has 1 unspecified atom stereocenters. The lowest BCUT2D eigenvalue weighted by molar-refractivity contribution is 0.0776. The van der Waals surface area contributed by atoms with Gasteiger partial charge in [0.15, 0.2) is 11.6 Å². The Bertz CT molecular complexity index is 2320. The number of benzene rings is 3. The van der Waals surface area contributed by atoms with Gasteiger partial charge >= 0.3 is 0 Å². The number of amides is 1. The van der Waals surface area contributed by atoms with Crippen LogP contribution in [0.3, 0.4) is 0 Å². The fourth-order valence-electron chi connectivity index (χ4n) is 8.02. The summed E-state index contributed by atoms with van der Waals surface area (Å²) in [5, 5.41) is 13.4. The predicted molar refractivity (Wildman–Crippen MR) is 188 cm³/mol. The summed E-state index contributed by atoms with van der Waals surface area (Å²) in [7, 11) is 1.51. The number of carbonyl (C=O) groups is 1. The first-order chi connectivity index (χ1) is 24.4. The molecule has 0 saturated carbocycles. The Morgan fingerprint density at radius 3 is 2.68 bits per heavy atom. The number of fused-ring (bicyclic) bond motifs is 5. The van der Waals surface area contributed by atoms with Crippen LogP contribution >= 0.6 is 11.3 Å². The van der Waals surface area contributed by atoms with Crippen molar-refractivity contribution in [2.75, 3.05) is 19.0 Å². The van der Waals surface area contributed by atoms with Crippen molar-refractivity contribution in [3.8, 4) is 27.6 Å². The molecular weight excluding hydrogens is 657 g/mol. The summed E-state index contributed by atoms with van der Waals surface area (Å²) >= 11 is 1.61. The van der Waals surface area contributed by atoms with Crippen molar-refractivity contribution in [1.29, 1.82) is 0 Å². The van der Waals surface area contributed by atoms with Crippen LogP contribution in [0.5, 0.6) is 5.75 Å². The Morgan fingerprint density at radius 1 is 1.02 bits per heavy atom. The maximum atomic E-state index is 14.5. The molecule has 1 amide bonds. The highest BCUT2D eigenvalue weighted by molar-refractivity contribution is 7.23. The molecule has 0 spiro atoms. The number of carbonyl (C=O) groups excluding carboxylic acids is 1. The first-order valence-corrected chi connectivity index (χ1v) is 17.8. The van der Waals surface area contributed by atoms with E-state index in [0.29, 0.717) is 48.0 Å². The van der Waals surface area contributed by atoms with Crippen molar-refractivity contribution >= 4 is 33.0 Å². The Labute approximate surface area is 291 Å². The van der Waals surface area contributed by atoms with Crippen LogP contribution in [0.1, 0.15) is 75.7 Å². The van der Waals surface area contributed by atoms with Crippen molar-refractivity contribution < 1.29 is 22.7 Å². The molecule has 2 atom stereocenters. The number of hydrogen-bond acceptors (Lipinski definition) is 8. The second-order valence-electron chi connectivity index (χ2n) is 13.2. The predicted octanol–water partition coefficient (Wildman–Crippen LogP) is 8.78. The van der Waals surface area contributed by atoms with Crippen molar-refractivity contribution in [2.24, 2.45) is 0 Å². The summed E-state index contributed by atoms with van der Waals surface area (Å²) < 4.78 is 40.8. The van der Waals surface area contributed by atoms with E-state index in [2.05, 4.69) is 33.7 Å². The number of aromatic nitrogens is 3. The lowest BCUT2D eigenvalue weighted by atomic mass is 9.93. The van der Waals surface area contributed by atoms with Crippen LogP contribution in [0.4, 0.5) is 14.5 Å². The van der Waals surface area contributed by atoms with Gasteiger partial charge < -0.3 is 19.4 Å². The minimum atomic E-state index is -0.346. The number of nitrogens with one attached hydrogen (secondary N) is 1. The highest BCUT2D eigenvalue weighted by Gasteiger charge is 2.45. The van der Waals surface area contributed by atoms with Crippen molar-refractivity contribution in [3.05, 3.63) is 112 Å². The monoisotopic (exact) mass is 689 g/mol. The summed E-state index contributed by atoms with van der Waals surface area (Å²) in [5.74, 6) is 0.408. The largest absolute Gasteiger partial charge is 0.493 e. The zero-order chi connectivity index (χ0) is 34.1. The molecule has 50 heavy (non-hydrogen) atoms. The van der Waals surface area contributed by atoms with Crippen molar-refractivity contribution in [2.45, 2.75) is 57.5 Å². The van der Waals surface area contributed by atoms with Crippen LogP contribution < -0.4 is 10.1 Å². The minimum absolute atomic E-state index is 0.00966. The molecule has 252 valence electrons. The lowest BCUT2D eigenvalue weighted by Crippen LogP contribution is -2.22. The first kappa shape index (κ1) is 30.9. The average Bonchev–Trinajstić information content (AvgIpc) is 3.96. The number of pyridine rings is 1. The Morgan fingerprint density at radius 2 is 1.88 bits per heavy atom. The molecular formula is C39H33F2N5O3S. The van der Waals surface area contributed by atoms with Gasteiger partial charge in [0.25, 0.3) is 5.91 Å². The smallest absolute Gasteiger partial charge is 0.257 e. The molecule has 1 N–H and O–H groups in total. The normalized spacial score (nSPS) is 17.8. The lowest BCUT2D eigenvalue weighted by Gasteiger charge is -2.17. The molecule has 0 radical (unpaired) electrons. The van der Waals surface area contributed by atoms with Gasteiger partial charge in [0, 0.05) is 29.5 Å². The first-order valence-electron chi connectivity index (χ1n) is 17.0. The molecule has 1 saturated heterocycles. The van der Waals surface area contributed by atoms with E-state index in [1.54, 1.807) is 30.4 Å². The molecule has 1 aliphatic carbocycles. The number of thiophene rings is 1. The zero-order valence-electron chi connectivity index (χ0n) is 27.6. The average molecular weight is 690 g/mol. The van der Waals surface area contributed by atoms with Crippen LogP contribution in [-0.4, -0.2) is 39.6 Å². The van der Waals surface area contributed by atoms with Gasteiger partial charge in [-0.2, -0.15) is 0 Å². The quantitative estimate of drug-likeness (QED) is 0.171. The molecule has 3 aromatic carbocycles. The van der Waals surface area contributed by atoms with E-state index in [1.807, 2.05) is 17.0 Å². The number of rotatable bonds is 8. The van der Waals surface area contributed by atoms with Crippen molar-refractivity contribution in [1.82, 2.24) is 20.1 Å². The number of hydrogen-bond donors (Lipinski definition) is 1. The molecule has 0 bridgehead atoms. The Hall–Kier alpha value is -5.16. The highest BCUT2D eigenvalue weighted by atomic mass is 32.1. The van der Waals surface area contributed by atoms with Gasteiger partial charge in [-0.05, 0) is 85.4 Å². The van der Waals surface area contributed by atoms with Crippen molar-refractivity contribution in [3.63, 3.8) is 0 Å². The molecule has 6 aromatic rings. The maximum Gasteiger partial charge on any atom is 0.257 e. The number of nitrogens with zero attached hydrogens (tertiary/aromatic N) is 4.